The summed E-state index contributed by atoms with van der Waals surface area (Å²) < 4.78 is 0. The van der Waals surface area contributed by atoms with Crippen LogP contribution in [0.1, 0.15) is 49.0 Å². The van der Waals surface area contributed by atoms with Gasteiger partial charge in [-0.05, 0) is 49.4 Å². The third-order valence-electron chi connectivity index (χ3n) is 7.11. The lowest BCUT2D eigenvalue weighted by Crippen LogP contribution is -2.46. The molecule has 0 bridgehead atoms. The topological polar surface area (TPSA) is 80.9 Å². The minimum Gasteiger partial charge on any atom is -0.371 e. The highest BCUT2D eigenvalue weighted by atomic mass is 15.4. The smallest absolute Gasteiger partial charge is 0.139 e. The number of piperidine rings is 2. The van der Waals surface area contributed by atoms with Gasteiger partial charge in [-0.3, -0.25) is 10.4 Å². The van der Waals surface area contributed by atoms with E-state index < -0.39 is 0 Å². The molecule has 0 aliphatic carbocycles. The predicted octanol–water partition coefficient (Wildman–Crippen LogP) is 2.82. The molecule has 0 radical (unpaired) electrons. The van der Waals surface area contributed by atoms with Crippen LogP contribution in [0.25, 0.3) is 11.0 Å². The van der Waals surface area contributed by atoms with Gasteiger partial charge >= 0.3 is 0 Å². The minimum absolute atomic E-state index is 0.250. The molecule has 0 aromatic carbocycles. The molecule has 3 saturated heterocycles. The van der Waals surface area contributed by atoms with Crippen LogP contribution >= 0.6 is 0 Å². The number of aromatic amines is 1. The molecular weight excluding hydrogens is 374 g/mol. The maximum Gasteiger partial charge on any atom is 0.139 e. The molecule has 4 unspecified atom stereocenters. The Labute approximate surface area is 176 Å². The van der Waals surface area contributed by atoms with E-state index >= 15 is 0 Å². The van der Waals surface area contributed by atoms with Crippen molar-refractivity contribution < 1.29 is 0 Å². The third kappa shape index (κ3) is 3.17. The first-order chi connectivity index (χ1) is 14.9. The number of pyridine rings is 2. The monoisotopic (exact) mass is 403 g/mol. The largest absolute Gasteiger partial charge is 0.371 e. The van der Waals surface area contributed by atoms with Gasteiger partial charge in [0.1, 0.15) is 5.65 Å². The van der Waals surface area contributed by atoms with Crippen molar-refractivity contribution in [3.63, 3.8) is 0 Å². The van der Waals surface area contributed by atoms with Crippen LogP contribution in [0, 0.1) is 5.92 Å². The van der Waals surface area contributed by atoms with Gasteiger partial charge < -0.3 is 15.2 Å². The lowest BCUT2D eigenvalue weighted by molar-refractivity contribution is 0.265. The van der Waals surface area contributed by atoms with Crippen molar-refractivity contribution in [2.24, 2.45) is 5.92 Å². The van der Waals surface area contributed by atoms with Crippen molar-refractivity contribution in [3.05, 3.63) is 54.1 Å². The number of hydrogen-bond donors (Lipinski definition) is 4. The Morgan fingerprint density at radius 3 is 2.83 bits per heavy atom. The first kappa shape index (κ1) is 18.3. The second-order valence-electron chi connectivity index (χ2n) is 8.88. The van der Waals surface area contributed by atoms with Gasteiger partial charge in [0.25, 0.3) is 0 Å². The Morgan fingerprint density at radius 1 is 1.03 bits per heavy atom. The Balaban J connectivity index is 1.29. The summed E-state index contributed by atoms with van der Waals surface area (Å²) in [5.41, 5.74) is 11.9. The van der Waals surface area contributed by atoms with Gasteiger partial charge in [-0.1, -0.05) is 6.07 Å². The average molecular weight is 404 g/mol. The lowest BCUT2D eigenvalue weighted by Gasteiger charge is -2.34. The van der Waals surface area contributed by atoms with Gasteiger partial charge in [0.2, 0.25) is 0 Å². The Bertz CT molecular complexity index is 1010. The number of fused-ring (bicyclic) bond motifs is 2. The van der Waals surface area contributed by atoms with E-state index in [4.69, 9.17) is 0 Å². The molecule has 3 aliphatic heterocycles. The average Bonchev–Trinajstić information content (AvgIpc) is 3.43. The highest BCUT2D eigenvalue weighted by Gasteiger charge is 2.42. The molecule has 7 heteroatoms. The van der Waals surface area contributed by atoms with Crippen molar-refractivity contribution >= 4 is 16.7 Å². The number of hydrogen-bond acceptors (Lipinski definition) is 6. The number of aromatic nitrogens is 3. The standard InChI is InChI=1S/C23H29N7/c1-2-9-30(10-3-1)21-6-8-25-23-17(21)12-19(27-23)22-16-11-18(15-5-4-7-24-13-15)26-14-20(16)28-29-22/h4-8,12-13,16,18,20,22,26,28-29H,1-3,9-11,14H2,(H,25,27). The van der Waals surface area contributed by atoms with Crippen LogP contribution in [-0.2, 0) is 0 Å². The first-order valence-corrected chi connectivity index (χ1v) is 11.2. The number of H-pyrrole nitrogens is 1. The molecule has 0 spiro atoms. The molecule has 0 saturated carbocycles. The molecule has 6 heterocycles. The molecular formula is C23H29N7. The molecule has 3 aromatic rings. The van der Waals surface area contributed by atoms with Crippen molar-refractivity contribution in [2.75, 3.05) is 24.5 Å². The first-order valence-electron chi connectivity index (χ1n) is 11.2. The van der Waals surface area contributed by atoms with Crippen molar-refractivity contribution in [1.29, 1.82) is 0 Å². The van der Waals surface area contributed by atoms with E-state index in [0.29, 0.717) is 18.0 Å². The second kappa shape index (κ2) is 7.65. The summed E-state index contributed by atoms with van der Waals surface area (Å²) in [7, 11) is 0. The van der Waals surface area contributed by atoms with Gasteiger partial charge in [-0.2, -0.15) is 0 Å². The summed E-state index contributed by atoms with van der Waals surface area (Å²) in [6.45, 7) is 3.24. The van der Waals surface area contributed by atoms with Crippen LogP contribution in [0.15, 0.2) is 42.9 Å². The van der Waals surface area contributed by atoms with Gasteiger partial charge in [-0.15, -0.1) is 0 Å². The highest BCUT2D eigenvalue weighted by Crippen LogP contribution is 2.39. The molecule has 30 heavy (non-hydrogen) atoms. The van der Waals surface area contributed by atoms with Crippen molar-refractivity contribution in [1.82, 2.24) is 31.1 Å². The van der Waals surface area contributed by atoms with Gasteiger partial charge in [-0.25, -0.2) is 10.4 Å². The summed E-state index contributed by atoms with van der Waals surface area (Å²) in [6.07, 6.45) is 10.7. The summed E-state index contributed by atoms with van der Waals surface area (Å²) in [4.78, 5) is 15.1. The van der Waals surface area contributed by atoms with Gasteiger partial charge in [0.05, 0.1) is 6.04 Å². The van der Waals surface area contributed by atoms with Gasteiger partial charge in [0.15, 0.2) is 0 Å². The second-order valence-corrected chi connectivity index (χ2v) is 8.88. The highest BCUT2D eigenvalue weighted by molar-refractivity contribution is 5.90. The zero-order valence-electron chi connectivity index (χ0n) is 17.1. The summed E-state index contributed by atoms with van der Waals surface area (Å²) in [6, 6.07) is 9.72. The summed E-state index contributed by atoms with van der Waals surface area (Å²) in [5.74, 6) is 0.503. The quantitative estimate of drug-likeness (QED) is 0.539. The molecule has 4 N–H and O–H groups in total. The van der Waals surface area contributed by atoms with E-state index in [-0.39, 0.29) is 6.04 Å². The number of rotatable bonds is 3. The lowest BCUT2D eigenvalue weighted by atomic mass is 9.82. The summed E-state index contributed by atoms with van der Waals surface area (Å²) in [5, 5.41) is 4.93. The molecule has 4 atom stereocenters. The van der Waals surface area contributed by atoms with E-state index in [1.54, 1.807) is 0 Å². The number of nitrogens with one attached hydrogen (secondary N) is 4. The van der Waals surface area contributed by atoms with E-state index in [1.165, 1.54) is 41.6 Å². The Hall–Kier alpha value is -2.48. The fourth-order valence-electron chi connectivity index (χ4n) is 5.53. The van der Waals surface area contributed by atoms with E-state index in [2.05, 4.69) is 54.2 Å². The van der Waals surface area contributed by atoms with Crippen LogP contribution in [0.3, 0.4) is 0 Å². The number of nitrogens with zero attached hydrogens (tertiary/aromatic N) is 3. The molecule has 0 amide bonds. The zero-order valence-corrected chi connectivity index (χ0v) is 17.1. The summed E-state index contributed by atoms with van der Waals surface area (Å²) >= 11 is 0. The maximum atomic E-state index is 4.64. The molecule has 7 nitrogen and oxygen atoms in total. The van der Waals surface area contributed by atoms with Crippen LogP contribution in [-0.4, -0.2) is 40.6 Å². The Kier molecular flexibility index (Phi) is 4.67. The number of hydrazine groups is 1. The van der Waals surface area contributed by atoms with Crippen LogP contribution < -0.4 is 21.1 Å². The van der Waals surface area contributed by atoms with Crippen molar-refractivity contribution in [2.45, 2.75) is 43.8 Å². The normalized spacial score (nSPS) is 29.3. The molecule has 3 aliphatic rings. The van der Waals surface area contributed by atoms with E-state index in [1.807, 2.05) is 24.7 Å². The fraction of sp³-hybridized carbons (Fsp3) is 0.478. The molecule has 156 valence electrons. The predicted molar refractivity (Wildman–Crippen MR) is 118 cm³/mol. The van der Waals surface area contributed by atoms with Crippen LogP contribution in [0.2, 0.25) is 0 Å². The SMILES string of the molecule is c1cncc(C2CC3C(CN2)NNC3c2cc3c(N4CCCCC4)ccnc3[nH]2)c1. The molecule has 3 aromatic heterocycles. The maximum absolute atomic E-state index is 4.64. The number of anilines is 1. The minimum atomic E-state index is 0.250. The Morgan fingerprint density at radius 2 is 1.97 bits per heavy atom. The molecule has 3 fully saturated rings. The van der Waals surface area contributed by atoms with Crippen LogP contribution in [0.4, 0.5) is 5.69 Å². The van der Waals surface area contributed by atoms with Crippen molar-refractivity contribution in [3.8, 4) is 0 Å². The molecule has 6 rings (SSSR count). The van der Waals surface area contributed by atoms with E-state index in [0.717, 1.165) is 31.7 Å². The van der Waals surface area contributed by atoms with Gasteiger partial charge in [0, 0.05) is 73.0 Å². The van der Waals surface area contributed by atoms with E-state index in [9.17, 15) is 0 Å². The third-order valence-corrected chi connectivity index (χ3v) is 7.11. The fourth-order valence-corrected chi connectivity index (χ4v) is 5.53. The van der Waals surface area contributed by atoms with Crippen LogP contribution in [0.5, 0.6) is 0 Å². The zero-order chi connectivity index (χ0) is 19.9.